The van der Waals surface area contributed by atoms with E-state index in [1.54, 1.807) is 18.2 Å². The van der Waals surface area contributed by atoms with Crippen molar-refractivity contribution in [2.24, 2.45) is 0 Å². The zero-order valence-corrected chi connectivity index (χ0v) is 16.0. The van der Waals surface area contributed by atoms with Crippen LogP contribution in [-0.4, -0.2) is 20.7 Å². The van der Waals surface area contributed by atoms with Crippen molar-refractivity contribution in [2.45, 2.75) is 18.5 Å². The van der Waals surface area contributed by atoms with Crippen LogP contribution in [0.2, 0.25) is 0 Å². The summed E-state index contributed by atoms with van der Waals surface area (Å²) in [5.41, 5.74) is 1.03. The van der Waals surface area contributed by atoms with Gasteiger partial charge in [0.2, 0.25) is 0 Å². The quantitative estimate of drug-likeness (QED) is 0.309. The van der Waals surface area contributed by atoms with Gasteiger partial charge in [-0.25, -0.2) is 4.39 Å². The van der Waals surface area contributed by atoms with Gasteiger partial charge in [-0.05, 0) is 48.0 Å². The molecule has 0 bridgehead atoms. The highest BCUT2D eigenvalue weighted by atomic mass is 19.4. The topological polar surface area (TPSA) is 55.7 Å². The van der Waals surface area contributed by atoms with Gasteiger partial charge in [-0.3, -0.25) is 19.7 Å². The fourth-order valence-electron chi connectivity index (χ4n) is 3.37. The number of benzene rings is 2. The Labute approximate surface area is 174 Å². The summed E-state index contributed by atoms with van der Waals surface area (Å²) in [6, 6.07) is 11.8. The number of carbonyl (C=O) groups is 1. The summed E-state index contributed by atoms with van der Waals surface area (Å²) >= 11 is 0. The first-order valence-corrected chi connectivity index (χ1v) is 9.34. The molecule has 0 unspecified atom stereocenters. The molecule has 4 nitrogen and oxygen atoms in total. The van der Waals surface area contributed by atoms with Crippen LogP contribution < -0.4 is 0 Å². The number of halogens is 4. The molecule has 1 atom stereocenters. The van der Waals surface area contributed by atoms with Crippen molar-refractivity contribution < 1.29 is 22.4 Å². The number of pyridine rings is 1. The van der Waals surface area contributed by atoms with Gasteiger partial charge in [0.15, 0.2) is 5.78 Å². The van der Waals surface area contributed by atoms with Crippen LogP contribution in [0.15, 0.2) is 73.2 Å². The number of Topliss-reactive ketones (excluding diaryl/α,β-unsaturated/α-hetero) is 1. The van der Waals surface area contributed by atoms with Crippen molar-refractivity contribution in [2.75, 3.05) is 0 Å². The van der Waals surface area contributed by atoms with Crippen LogP contribution in [-0.2, 0) is 6.18 Å². The lowest BCUT2D eigenvalue weighted by atomic mass is 9.87. The molecule has 0 radical (unpaired) electrons. The first kappa shape index (κ1) is 20.6. The molecule has 156 valence electrons. The summed E-state index contributed by atoms with van der Waals surface area (Å²) in [6.45, 7) is 0. The Balaban J connectivity index is 1.70. The number of rotatable bonds is 5. The zero-order valence-electron chi connectivity index (χ0n) is 16.0. The van der Waals surface area contributed by atoms with E-state index in [-0.39, 0.29) is 17.9 Å². The molecule has 2 heterocycles. The normalized spacial score (nSPS) is 12.6. The molecule has 4 aromatic rings. The molecule has 31 heavy (non-hydrogen) atoms. The Morgan fingerprint density at radius 2 is 1.58 bits per heavy atom. The van der Waals surface area contributed by atoms with Crippen molar-refractivity contribution in [3.63, 3.8) is 0 Å². The molecule has 0 saturated heterocycles. The third-order valence-corrected chi connectivity index (χ3v) is 4.94. The van der Waals surface area contributed by atoms with Gasteiger partial charge in [-0.1, -0.05) is 12.1 Å². The van der Waals surface area contributed by atoms with E-state index in [4.69, 9.17) is 0 Å². The van der Waals surface area contributed by atoms with E-state index in [2.05, 4.69) is 15.0 Å². The number of hydrogen-bond donors (Lipinski definition) is 0. The SMILES string of the molecule is O=C(C[C@@H](c1ccc(C(F)(F)F)cc1)c1ncccc1F)c1ccc2nccnc2c1. The lowest BCUT2D eigenvalue weighted by Crippen LogP contribution is -2.13. The van der Waals surface area contributed by atoms with Gasteiger partial charge in [0.25, 0.3) is 0 Å². The minimum Gasteiger partial charge on any atom is -0.294 e. The lowest BCUT2D eigenvalue weighted by molar-refractivity contribution is -0.137. The molecule has 4 rings (SSSR count). The molecular weight excluding hydrogens is 410 g/mol. The Morgan fingerprint density at radius 1 is 0.871 bits per heavy atom. The number of aromatic nitrogens is 3. The molecule has 0 aliphatic heterocycles. The van der Waals surface area contributed by atoms with E-state index < -0.39 is 23.5 Å². The highest BCUT2D eigenvalue weighted by molar-refractivity contribution is 5.99. The molecule has 0 saturated carbocycles. The van der Waals surface area contributed by atoms with E-state index in [1.165, 1.54) is 42.9 Å². The fourth-order valence-corrected chi connectivity index (χ4v) is 3.37. The van der Waals surface area contributed by atoms with Gasteiger partial charge >= 0.3 is 6.18 Å². The third-order valence-electron chi connectivity index (χ3n) is 4.94. The van der Waals surface area contributed by atoms with Gasteiger partial charge in [-0.2, -0.15) is 13.2 Å². The average Bonchev–Trinajstić information content (AvgIpc) is 2.77. The van der Waals surface area contributed by atoms with Crippen molar-refractivity contribution in [1.82, 2.24) is 15.0 Å². The molecule has 0 aliphatic carbocycles. The third kappa shape index (κ3) is 4.42. The van der Waals surface area contributed by atoms with Crippen LogP contribution in [0.3, 0.4) is 0 Å². The molecule has 0 amide bonds. The van der Waals surface area contributed by atoms with Gasteiger partial charge in [0, 0.05) is 36.5 Å². The fraction of sp³-hybridized carbons (Fsp3) is 0.130. The Hall–Kier alpha value is -3.68. The van der Waals surface area contributed by atoms with E-state index in [1.807, 2.05) is 0 Å². The summed E-state index contributed by atoms with van der Waals surface area (Å²) < 4.78 is 53.3. The van der Waals surface area contributed by atoms with Gasteiger partial charge in [0.05, 0.1) is 22.3 Å². The minimum atomic E-state index is -4.49. The molecule has 2 aromatic heterocycles. The van der Waals surface area contributed by atoms with Crippen LogP contribution in [0.1, 0.15) is 39.5 Å². The van der Waals surface area contributed by atoms with E-state index in [9.17, 15) is 22.4 Å². The average molecular weight is 425 g/mol. The number of carbonyl (C=O) groups excluding carboxylic acids is 1. The molecular formula is C23H15F4N3O. The first-order chi connectivity index (χ1) is 14.8. The van der Waals surface area contributed by atoms with Crippen molar-refractivity contribution in [3.05, 3.63) is 101 Å². The Morgan fingerprint density at radius 3 is 2.26 bits per heavy atom. The second-order valence-electron chi connectivity index (χ2n) is 6.93. The maximum Gasteiger partial charge on any atom is 0.416 e. The smallest absolute Gasteiger partial charge is 0.294 e. The second-order valence-corrected chi connectivity index (χ2v) is 6.93. The monoisotopic (exact) mass is 425 g/mol. The number of nitrogens with zero attached hydrogens (tertiary/aromatic N) is 3. The van der Waals surface area contributed by atoms with Crippen LogP contribution in [0.5, 0.6) is 0 Å². The molecule has 0 spiro atoms. The van der Waals surface area contributed by atoms with E-state index in [0.29, 0.717) is 22.2 Å². The molecule has 0 fully saturated rings. The number of alkyl halides is 3. The number of ketones is 1. The summed E-state index contributed by atoms with van der Waals surface area (Å²) in [5, 5.41) is 0. The summed E-state index contributed by atoms with van der Waals surface area (Å²) in [6.07, 6.45) is -0.248. The molecule has 0 N–H and O–H groups in total. The number of fused-ring (bicyclic) bond motifs is 1. The summed E-state index contributed by atoms with van der Waals surface area (Å²) in [4.78, 5) is 25.4. The minimum absolute atomic E-state index is 0.00353. The Kier molecular flexibility index (Phi) is 5.46. The largest absolute Gasteiger partial charge is 0.416 e. The van der Waals surface area contributed by atoms with Crippen molar-refractivity contribution >= 4 is 16.8 Å². The predicted octanol–water partition coefficient (Wildman–Crippen LogP) is 5.59. The molecule has 2 aromatic carbocycles. The van der Waals surface area contributed by atoms with Gasteiger partial charge < -0.3 is 0 Å². The van der Waals surface area contributed by atoms with E-state index >= 15 is 0 Å². The summed E-state index contributed by atoms with van der Waals surface area (Å²) in [7, 11) is 0. The van der Waals surface area contributed by atoms with Crippen LogP contribution >= 0.6 is 0 Å². The number of hydrogen-bond acceptors (Lipinski definition) is 4. The maximum atomic E-state index is 14.5. The van der Waals surface area contributed by atoms with Gasteiger partial charge in [-0.15, -0.1) is 0 Å². The van der Waals surface area contributed by atoms with Gasteiger partial charge in [0.1, 0.15) is 5.82 Å². The van der Waals surface area contributed by atoms with E-state index in [0.717, 1.165) is 12.1 Å². The maximum absolute atomic E-state index is 14.5. The standard InChI is InChI=1S/C23H15F4N3O/c24-18-2-1-9-30-22(18)17(14-3-6-16(7-4-14)23(25,26)27)13-21(31)15-5-8-19-20(12-15)29-11-10-28-19/h1-12,17H,13H2/t17-/m0/s1. The zero-order chi connectivity index (χ0) is 22.0. The van der Waals surface area contributed by atoms with Crippen molar-refractivity contribution in [3.8, 4) is 0 Å². The highest BCUT2D eigenvalue weighted by Crippen LogP contribution is 2.34. The van der Waals surface area contributed by atoms with Crippen molar-refractivity contribution in [1.29, 1.82) is 0 Å². The second kappa shape index (κ2) is 8.22. The van der Waals surface area contributed by atoms with Crippen LogP contribution in [0.25, 0.3) is 11.0 Å². The van der Waals surface area contributed by atoms with Crippen LogP contribution in [0, 0.1) is 5.82 Å². The highest BCUT2D eigenvalue weighted by Gasteiger charge is 2.31. The predicted molar refractivity (Wildman–Crippen MR) is 106 cm³/mol. The Bertz CT molecular complexity index is 1240. The summed E-state index contributed by atoms with van der Waals surface area (Å²) in [5.74, 6) is -1.80. The lowest BCUT2D eigenvalue weighted by Gasteiger charge is -2.18. The van der Waals surface area contributed by atoms with Crippen LogP contribution in [0.4, 0.5) is 17.6 Å². The first-order valence-electron chi connectivity index (χ1n) is 9.34. The molecule has 0 aliphatic rings. The molecule has 8 heteroatoms.